The summed E-state index contributed by atoms with van der Waals surface area (Å²) in [4.78, 5) is 0. The van der Waals surface area contributed by atoms with Gasteiger partial charge in [0, 0.05) is 20.2 Å². The minimum atomic E-state index is 0.570. The quantitative estimate of drug-likeness (QED) is 0.295. The molecule has 0 bridgehead atoms. The van der Waals surface area contributed by atoms with Crippen molar-refractivity contribution in [3.8, 4) is 22.3 Å². The van der Waals surface area contributed by atoms with Crippen LogP contribution < -0.4 is 0 Å². The molecule has 0 radical (unpaired) electrons. The molecule has 0 aliphatic heterocycles. The van der Waals surface area contributed by atoms with Crippen LogP contribution in [-0.2, 0) is 0 Å². The standard InChI is InChI=1S/C27H22S/c1-18(2)19-7-9-20(10-8-19)21-11-13-22(14-12-21)23-15-16-25-24-5-3-4-6-26(24)28-27(25)17-23/h3-18H,1-2H3. The predicted octanol–water partition coefficient (Wildman–Crippen LogP) is 8.51. The number of benzene rings is 4. The van der Waals surface area contributed by atoms with E-state index in [0.29, 0.717) is 5.92 Å². The molecule has 0 atom stereocenters. The van der Waals surface area contributed by atoms with Gasteiger partial charge in [0.2, 0.25) is 0 Å². The first-order valence-corrected chi connectivity index (χ1v) is 10.6. The van der Waals surface area contributed by atoms with Crippen LogP contribution in [0.15, 0.2) is 91.0 Å². The Bertz CT molecular complexity index is 1260. The van der Waals surface area contributed by atoms with E-state index in [2.05, 4.69) is 105 Å². The Labute approximate surface area is 170 Å². The number of hydrogen-bond acceptors (Lipinski definition) is 1. The lowest BCUT2D eigenvalue weighted by Crippen LogP contribution is -1.86. The van der Waals surface area contributed by atoms with Gasteiger partial charge in [0.25, 0.3) is 0 Å². The molecule has 0 aliphatic rings. The average molecular weight is 379 g/mol. The third-order valence-corrected chi connectivity index (χ3v) is 6.64. The molecule has 1 heterocycles. The van der Waals surface area contributed by atoms with Crippen LogP contribution in [0.5, 0.6) is 0 Å². The molecule has 136 valence electrons. The smallest absolute Gasteiger partial charge is 0.0361 e. The van der Waals surface area contributed by atoms with Crippen molar-refractivity contribution < 1.29 is 0 Å². The normalized spacial score (nSPS) is 11.5. The largest absolute Gasteiger partial charge is 0.135 e. The highest BCUT2D eigenvalue weighted by molar-refractivity contribution is 7.25. The Balaban J connectivity index is 1.49. The maximum absolute atomic E-state index is 2.33. The molecule has 0 saturated heterocycles. The van der Waals surface area contributed by atoms with Crippen molar-refractivity contribution in [3.63, 3.8) is 0 Å². The molecule has 0 nitrogen and oxygen atoms in total. The highest BCUT2D eigenvalue weighted by atomic mass is 32.1. The average Bonchev–Trinajstić information content (AvgIpc) is 3.12. The Morgan fingerprint density at radius 3 is 1.75 bits per heavy atom. The molecule has 0 spiro atoms. The van der Waals surface area contributed by atoms with Gasteiger partial charge in [-0.2, -0.15) is 0 Å². The molecule has 5 aromatic rings. The topological polar surface area (TPSA) is 0 Å². The zero-order valence-corrected chi connectivity index (χ0v) is 17.0. The summed E-state index contributed by atoms with van der Waals surface area (Å²) in [5, 5.41) is 2.71. The summed E-state index contributed by atoms with van der Waals surface area (Å²) >= 11 is 1.87. The van der Waals surface area contributed by atoms with Crippen molar-refractivity contribution in [2.24, 2.45) is 0 Å². The van der Waals surface area contributed by atoms with Gasteiger partial charge in [-0.15, -0.1) is 11.3 Å². The van der Waals surface area contributed by atoms with Crippen molar-refractivity contribution in [1.29, 1.82) is 0 Å². The van der Waals surface area contributed by atoms with Crippen LogP contribution in [0.3, 0.4) is 0 Å². The SMILES string of the molecule is CC(C)c1ccc(-c2ccc(-c3ccc4c(c3)sc3ccccc34)cc2)cc1. The van der Waals surface area contributed by atoms with E-state index in [1.165, 1.54) is 48.0 Å². The van der Waals surface area contributed by atoms with E-state index in [0.717, 1.165) is 0 Å². The predicted molar refractivity (Wildman–Crippen MR) is 124 cm³/mol. The summed E-state index contributed by atoms with van der Waals surface area (Å²) in [5.74, 6) is 0.570. The van der Waals surface area contributed by atoms with Gasteiger partial charge in [-0.1, -0.05) is 92.7 Å². The zero-order valence-electron chi connectivity index (χ0n) is 16.1. The second kappa shape index (κ2) is 6.92. The Morgan fingerprint density at radius 2 is 1.07 bits per heavy atom. The Morgan fingerprint density at radius 1 is 0.536 bits per heavy atom. The van der Waals surface area contributed by atoms with Crippen LogP contribution in [0, 0.1) is 0 Å². The first kappa shape index (κ1) is 17.2. The van der Waals surface area contributed by atoms with Crippen molar-refractivity contribution >= 4 is 31.5 Å². The monoisotopic (exact) mass is 378 g/mol. The number of hydrogen-bond donors (Lipinski definition) is 0. The van der Waals surface area contributed by atoms with Crippen LogP contribution in [0.4, 0.5) is 0 Å². The van der Waals surface area contributed by atoms with E-state index in [-0.39, 0.29) is 0 Å². The summed E-state index contributed by atoms with van der Waals surface area (Å²) in [6, 6.07) is 33.4. The molecule has 1 aromatic heterocycles. The third-order valence-electron chi connectivity index (χ3n) is 5.51. The molecule has 0 N–H and O–H groups in total. The first-order chi connectivity index (χ1) is 13.7. The summed E-state index contributed by atoms with van der Waals surface area (Å²) in [7, 11) is 0. The molecule has 0 aliphatic carbocycles. The molecule has 5 rings (SSSR count). The van der Waals surface area contributed by atoms with Crippen molar-refractivity contribution in [2.45, 2.75) is 19.8 Å². The summed E-state index contributed by atoms with van der Waals surface area (Å²) in [6.07, 6.45) is 0. The van der Waals surface area contributed by atoms with E-state index in [4.69, 9.17) is 0 Å². The van der Waals surface area contributed by atoms with Gasteiger partial charge in [-0.05, 0) is 45.9 Å². The van der Waals surface area contributed by atoms with Crippen molar-refractivity contribution in [3.05, 3.63) is 96.6 Å². The lowest BCUT2D eigenvalue weighted by Gasteiger charge is -2.08. The lowest BCUT2D eigenvalue weighted by atomic mass is 9.97. The molecule has 28 heavy (non-hydrogen) atoms. The summed E-state index contributed by atoms with van der Waals surface area (Å²) in [6.45, 7) is 4.47. The molecular formula is C27H22S. The highest BCUT2D eigenvalue weighted by Gasteiger charge is 2.07. The minimum Gasteiger partial charge on any atom is -0.135 e. The molecular weight excluding hydrogens is 356 g/mol. The van der Waals surface area contributed by atoms with E-state index in [9.17, 15) is 0 Å². The minimum absolute atomic E-state index is 0.570. The fourth-order valence-electron chi connectivity index (χ4n) is 3.82. The second-order valence-corrected chi connectivity index (χ2v) is 8.75. The Kier molecular flexibility index (Phi) is 4.26. The maximum atomic E-state index is 2.33. The van der Waals surface area contributed by atoms with Crippen LogP contribution in [0.25, 0.3) is 42.4 Å². The van der Waals surface area contributed by atoms with Gasteiger partial charge >= 0.3 is 0 Å². The van der Waals surface area contributed by atoms with Gasteiger partial charge in [0.05, 0.1) is 0 Å². The van der Waals surface area contributed by atoms with Gasteiger partial charge in [0.15, 0.2) is 0 Å². The van der Waals surface area contributed by atoms with Crippen LogP contribution in [-0.4, -0.2) is 0 Å². The van der Waals surface area contributed by atoms with Gasteiger partial charge in [0.1, 0.15) is 0 Å². The van der Waals surface area contributed by atoms with Crippen molar-refractivity contribution in [1.82, 2.24) is 0 Å². The van der Waals surface area contributed by atoms with Gasteiger partial charge < -0.3 is 0 Å². The first-order valence-electron chi connectivity index (χ1n) is 9.81. The third kappa shape index (κ3) is 3.02. The van der Waals surface area contributed by atoms with E-state index >= 15 is 0 Å². The molecule has 0 saturated carbocycles. The zero-order chi connectivity index (χ0) is 19.1. The second-order valence-electron chi connectivity index (χ2n) is 7.66. The van der Waals surface area contributed by atoms with E-state index < -0.39 is 0 Å². The highest BCUT2D eigenvalue weighted by Crippen LogP contribution is 2.36. The molecule has 1 heteroatoms. The van der Waals surface area contributed by atoms with Crippen LogP contribution in [0.2, 0.25) is 0 Å². The lowest BCUT2D eigenvalue weighted by molar-refractivity contribution is 0.867. The van der Waals surface area contributed by atoms with Gasteiger partial charge in [-0.3, -0.25) is 0 Å². The number of rotatable bonds is 3. The Hall–Kier alpha value is -2.90. The van der Waals surface area contributed by atoms with Gasteiger partial charge in [-0.25, -0.2) is 0 Å². The van der Waals surface area contributed by atoms with Crippen molar-refractivity contribution in [2.75, 3.05) is 0 Å². The summed E-state index contributed by atoms with van der Waals surface area (Å²) < 4.78 is 2.71. The fraction of sp³-hybridized carbons (Fsp3) is 0.111. The van der Waals surface area contributed by atoms with E-state index in [1.807, 2.05) is 11.3 Å². The fourth-order valence-corrected chi connectivity index (χ4v) is 4.97. The van der Waals surface area contributed by atoms with E-state index in [1.54, 1.807) is 0 Å². The molecule has 0 unspecified atom stereocenters. The summed E-state index contributed by atoms with van der Waals surface area (Å²) in [5.41, 5.74) is 6.47. The number of thiophene rings is 1. The van der Waals surface area contributed by atoms with Crippen LogP contribution >= 0.6 is 11.3 Å². The molecule has 0 fully saturated rings. The molecule has 0 amide bonds. The maximum Gasteiger partial charge on any atom is 0.0361 e. The number of fused-ring (bicyclic) bond motifs is 3. The van der Waals surface area contributed by atoms with Crippen LogP contribution in [0.1, 0.15) is 25.3 Å². The molecule has 4 aromatic carbocycles.